The molecule has 0 spiro atoms. The fourth-order valence-electron chi connectivity index (χ4n) is 1.84. The maximum atomic E-state index is 11.9. The molecule has 110 valence electrons. The van der Waals surface area contributed by atoms with Crippen LogP contribution < -0.4 is 11.1 Å². The highest BCUT2D eigenvalue weighted by molar-refractivity contribution is 7.11. The molecule has 0 aliphatic rings. The third-order valence-electron chi connectivity index (χ3n) is 2.99. The van der Waals surface area contributed by atoms with E-state index in [-0.39, 0.29) is 11.9 Å². The summed E-state index contributed by atoms with van der Waals surface area (Å²) in [7, 11) is 0. The van der Waals surface area contributed by atoms with Gasteiger partial charge in [-0.25, -0.2) is 4.98 Å². The molecule has 0 aliphatic heterocycles. The lowest BCUT2D eigenvalue weighted by molar-refractivity contribution is -0.117. The van der Waals surface area contributed by atoms with Crippen LogP contribution in [0.25, 0.3) is 6.08 Å². The molecule has 2 rings (SSSR count). The second kappa shape index (κ2) is 7.04. The van der Waals surface area contributed by atoms with Gasteiger partial charge in [0.2, 0.25) is 5.91 Å². The Hall–Kier alpha value is -2.14. The maximum absolute atomic E-state index is 11.9. The molecule has 21 heavy (non-hydrogen) atoms. The number of aryl methyl sites for hydroxylation is 1. The summed E-state index contributed by atoms with van der Waals surface area (Å²) in [6.07, 6.45) is 6.09. The molecule has 1 unspecified atom stereocenters. The van der Waals surface area contributed by atoms with Crippen molar-refractivity contribution in [3.8, 4) is 0 Å². The highest BCUT2D eigenvalue weighted by atomic mass is 32.1. The number of rotatable bonds is 5. The first-order valence-electron chi connectivity index (χ1n) is 6.87. The number of anilines is 1. The van der Waals surface area contributed by atoms with Crippen molar-refractivity contribution in [1.82, 2.24) is 10.3 Å². The van der Waals surface area contributed by atoms with Crippen molar-refractivity contribution in [2.24, 2.45) is 0 Å². The van der Waals surface area contributed by atoms with Crippen molar-refractivity contribution in [2.45, 2.75) is 26.3 Å². The zero-order valence-electron chi connectivity index (χ0n) is 12.2. The smallest absolute Gasteiger partial charge is 0.244 e. The minimum atomic E-state index is -0.141. The van der Waals surface area contributed by atoms with Gasteiger partial charge in [-0.1, -0.05) is 19.1 Å². The van der Waals surface area contributed by atoms with Crippen LogP contribution in [0.15, 0.2) is 36.5 Å². The third kappa shape index (κ3) is 4.43. The Morgan fingerprint density at radius 3 is 3.00 bits per heavy atom. The van der Waals surface area contributed by atoms with E-state index in [2.05, 4.69) is 17.2 Å². The summed E-state index contributed by atoms with van der Waals surface area (Å²) in [5.41, 5.74) is 7.28. The number of carbonyl (C=O) groups excluding carboxylic acids is 1. The lowest BCUT2D eigenvalue weighted by Crippen LogP contribution is -2.24. The van der Waals surface area contributed by atoms with E-state index >= 15 is 0 Å². The van der Waals surface area contributed by atoms with Crippen LogP contribution in [0, 0.1) is 0 Å². The number of nitrogens with one attached hydrogen (secondary N) is 1. The predicted octanol–water partition coefficient (Wildman–Crippen LogP) is 3.18. The number of nitrogen functional groups attached to an aromatic ring is 1. The summed E-state index contributed by atoms with van der Waals surface area (Å²) < 4.78 is 0. The second-order valence-corrected chi connectivity index (χ2v) is 5.90. The van der Waals surface area contributed by atoms with Crippen LogP contribution in [0.1, 0.15) is 35.3 Å². The molecular weight excluding hydrogens is 282 g/mol. The van der Waals surface area contributed by atoms with Gasteiger partial charge in [-0.3, -0.25) is 4.79 Å². The topological polar surface area (TPSA) is 68.0 Å². The molecule has 0 fully saturated rings. The largest absolute Gasteiger partial charge is 0.399 e. The molecule has 5 heteroatoms. The minimum Gasteiger partial charge on any atom is -0.399 e. The molecular formula is C16H19N3OS. The van der Waals surface area contributed by atoms with Crippen molar-refractivity contribution in [2.75, 3.05) is 5.73 Å². The highest BCUT2D eigenvalue weighted by Gasteiger charge is 2.11. The molecule has 3 N–H and O–H groups in total. The first-order chi connectivity index (χ1) is 10.1. The van der Waals surface area contributed by atoms with Gasteiger partial charge in [-0.05, 0) is 37.1 Å². The predicted molar refractivity (Wildman–Crippen MR) is 87.9 cm³/mol. The van der Waals surface area contributed by atoms with Gasteiger partial charge in [0.25, 0.3) is 0 Å². The van der Waals surface area contributed by atoms with E-state index in [0.29, 0.717) is 5.69 Å². The maximum Gasteiger partial charge on any atom is 0.244 e. The van der Waals surface area contributed by atoms with E-state index < -0.39 is 0 Å². The minimum absolute atomic E-state index is 0.0895. The number of carbonyl (C=O) groups is 1. The summed E-state index contributed by atoms with van der Waals surface area (Å²) in [5.74, 6) is -0.141. The zero-order valence-corrected chi connectivity index (χ0v) is 13.0. The van der Waals surface area contributed by atoms with Crippen LogP contribution in [0.3, 0.4) is 0 Å². The average molecular weight is 301 g/mol. The summed E-state index contributed by atoms with van der Waals surface area (Å²) >= 11 is 1.63. The van der Waals surface area contributed by atoms with Crippen LogP contribution in [0.4, 0.5) is 5.69 Å². The van der Waals surface area contributed by atoms with Crippen LogP contribution in [-0.4, -0.2) is 10.9 Å². The Bertz CT molecular complexity index is 648. The number of hydrogen-bond acceptors (Lipinski definition) is 4. The molecule has 2 aromatic rings. The molecule has 1 heterocycles. The fourth-order valence-corrected chi connectivity index (χ4v) is 2.70. The van der Waals surface area contributed by atoms with Crippen molar-refractivity contribution >= 4 is 29.0 Å². The van der Waals surface area contributed by atoms with Gasteiger partial charge in [0.15, 0.2) is 0 Å². The molecule has 0 radical (unpaired) electrons. The number of amides is 1. The number of hydrogen-bond donors (Lipinski definition) is 2. The van der Waals surface area contributed by atoms with Gasteiger partial charge in [0, 0.05) is 22.8 Å². The number of benzene rings is 1. The van der Waals surface area contributed by atoms with E-state index in [1.54, 1.807) is 17.4 Å². The third-order valence-corrected chi connectivity index (χ3v) is 4.31. The number of nitrogens with two attached hydrogens (primary N) is 1. The molecule has 4 nitrogen and oxygen atoms in total. The van der Waals surface area contributed by atoms with Crippen molar-refractivity contribution in [3.05, 3.63) is 52.0 Å². The van der Waals surface area contributed by atoms with E-state index in [1.165, 1.54) is 11.0 Å². The monoisotopic (exact) mass is 301 g/mol. The highest BCUT2D eigenvalue weighted by Crippen LogP contribution is 2.20. The molecule has 1 aromatic carbocycles. The molecule has 1 aromatic heterocycles. The van der Waals surface area contributed by atoms with Gasteiger partial charge < -0.3 is 11.1 Å². The SMILES string of the molecule is CCc1cnc(C(C)NC(=O)/C=C/c2cccc(N)c2)s1. The Morgan fingerprint density at radius 1 is 1.52 bits per heavy atom. The molecule has 1 amide bonds. The van der Waals surface area contributed by atoms with Gasteiger partial charge in [-0.15, -0.1) is 11.3 Å². The Kier molecular flexibility index (Phi) is 5.11. The number of thiazole rings is 1. The molecule has 1 atom stereocenters. The molecule has 0 bridgehead atoms. The Labute approximate surface area is 128 Å². The zero-order chi connectivity index (χ0) is 15.2. The normalized spacial score (nSPS) is 12.5. The van der Waals surface area contributed by atoms with E-state index in [1.807, 2.05) is 37.4 Å². The number of aromatic nitrogens is 1. The first kappa shape index (κ1) is 15.3. The van der Waals surface area contributed by atoms with Crippen molar-refractivity contribution in [1.29, 1.82) is 0 Å². The first-order valence-corrected chi connectivity index (χ1v) is 7.69. The Balaban J connectivity index is 1.94. The second-order valence-electron chi connectivity index (χ2n) is 4.75. The van der Waals surface area contributed by atoms with E-state index in [0.717, 1.165) is 17.0 Å². The standard InChI is InChI=1S/C16H19N3OS/c1-3-14-10-18-16(21-14)11(2)19-15(20)8-7-12-5-4-6-13(17)9-12/h4-11H,3,17H2,1-2H3,(H,19,20)/b8-7+. The fraction of sp³-hybridized carbons (Fsp3) is 0.250. The Morgan fingerprint density at radius 2 is 2.33 bits per heavy atom. The van der Waals surface area contributed by atoms with Crippen molar-refractivity contribution < 1.29 is 4.79 Å². The van der Waals surface area contributed by atoms with Crippen molar-refractivity contribution in [3.63, 3.8) is 0 Å². The van der Waals surface area contributed by atoms with Crippen LogP contribution in [0.2, 0.25) is 0 Å². The van der Waals surface area contributed by atoms with E-state index in [9.17, 15) is 4.79 Å². The van der Waals surface area contributed by atoms with Crippen LogP contribution in [0.5, 0.6) is 0 Å². The lowest BCUT2D eigenvalue weighted by atomic mass is 10.2. The van der Waals surface area contributed by atoms with Gasteiger partial charge in [0.05, 0.1) is 6.04 Å². The average Bonchev–Trinajstić information content (AvgIpc) is 2.94. The summed E-state index contributed by atoms with van der Waals surface area (Å²) in [5, 5.41) is 3.84. The molecule has 0 saturated heterocycles. The summed E-state index contributed by atoms with van der Waals surface area (Å²) in [6, 6.07) is 7.30. The molecule has 0 aliphatic carbocycles. The van der Waals surface area contributed by atoms with Gasteiger partial charge in [0.1, 0.15) is 5.01 Å². The van der Waals surface area contributed by atoms with Crippen LogP contribution in [-0.2, 0) is 11.2 Å². The molecule has 0 saturated carbocycles. The lowest BCUT2D eigenvalue weighted by Gasteiger charge is -2.08. The van der Waals surface area contributed by atoms with Gasteiger partial charge >= 0.3 is 0 Å². The van der Waals surface area contributed by atoms with Crippen LogP contribution >= 0.6 is 11.3 Å². The quantitative estimate of drug-likeness (QED) is 0.658. The summed E-state index contributed by atoms with van der Waals surface area (Å²) in [4.78, 5) is 17.5. The summed E-state index contributed by atoms with van der Waals surface area (Å²) in [6.45, 7) is 4.03. The number of nitrogens with zero attached hydrogens (tertiary/aromatic N) is 1. The van der Waals surface area contributed by atoms with E-state index in [4.69, 9.17) is 5.73 Å². The van der Waals surface area contributed by atoms with Gasteiger partial charge in [-0.2, -0.15) is 0 Å².